The number of carbonyl (C=O) groups is 2. The zero-order valence-electron chi connectivity index (χ0n) is 23.4. The van der Waals surface area contributed by atoms with Gasteiger partial charge >= 0.3 is 0 Å². The van der Waals surface area contributed by atoms with Gasteiger partial charge in [-0.05, 0) is 32.0 Å². The Bertz CT molecular complexity index is 1520. The number of aromatic nitrogens is 4. The van der Waals surface area contributed by atoms with Crippen molar-refractivity contribution in [3.05, 3.63) is 53.7 Å². The molecule has 3 heterocycles. The van der Waals surface area contributed by atoms with E-state index in [2.05, 4.69) is 15.4 Å². The fourth-order valence-corrected chi connectivity index (χ4v) is 5.74. The van der Waals surface area contributed by atoms with Crippen LogP contribution in [0.3, 0.4) is 0 Å². The van der Waals surface area contributed by atoms with E-state index in [-0.39, 0.29) is 53.5 Å². The minimum Gasteiger partial charge on any atom is -0.486 e. The number of nitrogens with one attached hydrogen (secondary N) is 1. The molecule has 1 aliphatic rings. The molecule has 13 nitrogen and oxygen atoms in total. The Morgan fingerprint density at radius 2 is 2.05 bits per heavy atom. The number of benzene rings is 1. The van der Waals surface area contributed by atoms with Gasteiger partial charge in [0.05, 0.1) is 42.5 Å². The second kappa shape index (κ2) is 11.4. The van der Waals surface area contributed by atoms with Crippen LogP contribution in [0.5, 0.6) is 5.75 Å². The normalized spacial score (nSPS) is 18.6. The number of anilines is 1. The standard InChI is InChI=1S/C26H35N7O6S/c1-16-11-33(18(3)14-34)26(36)19-8-7-9-20(28-25(35)21-10-17(2)29-32(21)6)24(19)39-22(16)12-31(5)40(37,38)23-13-30(4)15-27-23/h7-10,13,15-16,18,22,34H,11-12,14H2,1-6H3,(H,28,35)/t16-,18+,22-/m1/s1. The van der Waals surface area contributed by atoms with Crippen molar-refractivity contribution in [2.24, 2.45) is 20.0 Å². The average molecular weight is 574 g/mol. The highest BCUT2D eigenvalue weighted by Gasteiger charge is 2.36. The average Bonchev–Trinajstić information content (AvgIpc) is 3.50. The van der Waals surface area contributed by atoms with Crippen molar-refractivity contribution in [2.45, 2.75) is 37.9 Å². The molecule has 2 amide bonds. The van der Waals surface area contributed by atoms with Gasteiger partial charge in [0.1, 0.15) is 11.8 Å². The van der Waals surface area contributed by atoms with Gasteiger partial charge in [-0.2, -0.15) is 9.40 Å². The summed E-state index contributed by atoms with van der Waals surface area (Å²) in [6.45, 7) is 5.25. The molecule has 0 radical (unpaired) electrons. The van der Waals surface area contributed by atoms with Crippen LogP contribution in [0.15, 0.2) is 41.8 Å². The minimum absolute atomic E-state index is 0.0573. The molecule has 0 spiro atoms. The molecule has 0 saturated heterocycles. The van der Waals surface area contributed by atoms with E-state index >= 15 is 0 Å². The van der Waals surface area contributed by atoms with E-state index < -0.39 is 28.1 Å². The highest BCUT2D eigenvalue weighted by molar-refractivity contribution is 7.89. The fraction of sp³-hybridized carbons (Fsp3) is 0.462. The van der Waals surface area contributed by atoms with Crippen LogP contribution in [0.1, 0.15) is 40.4 Å². The van der Waals surface area contributed by atoms with Crippen molar-refractivity contribution in [1.29, 1.82) is 0 Å². The van der Waals surface area contributed by atoms with Crippen molar-refractivity contribution < 1.29 is 27.9 Å². The van der Waals surface area contributed by atoms with Crippen LogP contribution in [0.25, 0.3) is 0 Å². The number of hydrogen-bond donors (Lipinski definition) is 2. The third-order valence-electron chi connectivity index (χ3n) is 6.97. The summed E-state index contributed by atoms with van der Waals surface area (Å²) < 4.78 is 37.0. The van der Waals surface area contributed by atoms with Gasteiger partial charge in [-0.15, -0.1) is 0 Å². The minimum atomic E-state index is -3.93. The first-order chi connectivity index (χ1) is 18.8. The zero-order chi connectivity index (χ0) is 29.4. The summed E-state index contributed by atoms with van der Waals surface area (Å²) in [5.41, 5.74) is 1.42. The molecule has 3 atom stereocenters. The van der Waals surface area contributed by atoms with Crippen molar-refractivity contribution in [2.75, 3.05) is 32.1 Å². The Hall–Kier alpha value is -3.75. The third-order valence-corrected chi connectivity index (χ3v) is 8.68. The van der Waals surface area contributed by atoms with Crippen molar-refractivity contribution in [1.82, 2.24) is 28.5 Å². The number of hydrogen-bond acceptors (Lipinski definition) is 8. The van der Waals surface area contributed by atoms with Crippen LogP contribution in [-0.4, -0.2) is 92.8 Å². The lowest BCUT2D eigenvalue weighted by Crippen LogP contribution is -2.50. The van der Waals surface area contributed by atoms with Gasteiger partial charge in [0.25, 0.3) is 21.8 Å². The third kappa shape index (κ3) is 5.74. The van der Waals surface area contributed by atoms with Gasteiger partial charge in [-0.25, -0.2) is 13.4 Å². The molecule has 0 saturated carbocycles. The smallest absolute Gasteiger partial charge is 0.274 e. The number of imidazole rings is 1. The monoisotopic (exact) mass is 573 g/mol. The maximum absolute atomic E-state index is 13.7. The van der Waals surface area contributed by atoms with Gasteiger partial charge in [0.2, 0.25) is 0 Å². The molecule has 216 valence electrons. The number of aliphatic hydroxyl groups excluding tert-OH is 1. The number of rotatable bonds is 8. The van der Waals surface area contributed by atoms with Crippen LogP contribution in [0, 0.1) is 12.8 Å². The van der Waals surface area contributed by atoms with E-state index in [9.17, 15) is 23.1 Å². The van der Waals surface area contributed by atoms with E-state index in [0.717, 1.165) is 0 Å². The Kier molecular flexibility index (Phi) is 8.33. The number of aryl methyl sites for hydroxylation is 3. The molecule has 14 heteroatoms. The zero-order valence-corrected chi connectivity index (χ0v) is 24.2. The highest BCUT2D eigenvalue weighted by atomic mass is 32.2. The number of fused-ring (bicyclic) bond motifs is 1. The van der Waals surface area contributed by atoms with Gasteiger partial charge in [-0.1, -0.05) is 13.0 Å². The largest absolute Gasteiger partial charge is 0.486 e. The van der Waals surface area contributed by atoms with E-state index in [1.165, 1.54) is 28.6 Å². The molecule has 3 aromatic rings. The van der Waals surface area contributed by atoms with Crippen molar-refractivity contribution in [3.8, 4) is 5.75 Å². The molecule has 40 heavy (non-hydrogen) atoms. The summed E-state index contributed by atoms with van der Waals surface area (Å²) in [5.74, 6) is -1.05. The van der Waals surface area contributed by atoms with Gasteiger partial charge in [-0.3, -0.25) is 14.3 Å². The number of carbonyl (C=O) groups excluding carboxylic acids is 2. The molecule has 0 aliphatic carbocycles. The first-order valence-corrected chi connectivity index (χ1v) is 14.2. The number of likely N-dealkylation sites (N-methyl/N-ethyl adjacent to an activating group) is 1. The summed E-state index contributed by atoms with van der Waals surface area (Å²) in [4.78, 5) is 32.3. The molecule has 0 bridgehead atoms. The first kappa shape index (κ1) is 29.2. The van der Waals surface area contributed by atoms with Gasteiger partial charge in [0, 0.05) is 39.8 Å². The topological polar surface area (TPSA) is 152 Å². The van der Waals surface area contributed by atoms with Gasteiger partial charge in [0.15, 0.2) is 10.8 Å². The van der Waals surface area contributed by atoms with Crippen LogP contribution in [-0.2, 0) is 24.1 Å². The van der Waals surface area contributed by atoms with Crippen LogP contribution < -0.4 is 10.1 Å². The lowest BCUT2D eigenvalue weighted by atomic mass is 9.99. The number of para-hydroxylation sites is 1. The Labute approximate surface area is 233 Å². The summed E-state index contributed by atoms with van der Waals surface area (Å²) in [6.07, 6.45) is 2.10. The molecule has 0 fully saturated rings. The van der Waals surface area contributed by atoms with E-state index in [4.69, 9.17) is 4.74 Å². The number of amides is 2. The quantitative estimate of drug-likeness (QED) is 0.409. The van der Waals surface area contributed by atoms with E-state index in [0.29, 0.717) is 11.4 Å². The maximum atomic E-state index is 13.7. The van der Waals surface area contributed by atoms with E-state index in [1.807, 2.05) is 6.92 Å². The Balaban J connectivity index is 1.74. The molecule has 4 rings (SSSR count). The first-order valence-electron chi connectivity index (χ1n) is 12.8. The van der Waals surface area contributed by atoms with Crippen LogP contribution >= 0.6 is 0 Å². The number of ether oxygens (including phenoxy) is 1. The molecular weight excluding hydrogens is 538 g/mol. The fourth-order valence-electron chi connectivity index (χ4n) is 4.60. The number of sulfonamides is 1. The second-order valence-corrected chi connectivity index (χ2v) is 12.2. The number of nitrogens with zero attached hydrogens (tertiary/aromatic N) is 6. The summed E-state index contributed by atoms with van der Waals surface area (Å²) in [5, 5.41) is 16.8. The Morgan fingerprint density at radius 3 is 2.65 bits per heavy atom. The van der Waals surface area contributed by atoms with Crippen LogP contribution in [0.2, 0.25) is 0 Å². The van der Waals surface area contributed by atoms with Crippen molar-refractivity contribution in [3.63, 3.8) is 0 Å². The summed E-state index contributed by atoms with van der Waals surface area (Å²) in [7, 11) is 0.845. The molecule has 1 aliphatic heterocycles. The summed E-state index contributed by atoms with van der Waals surface area (Å²) in [6, 6.07) is 5.96. The summed E-state index contributed by atoms with van der Waals surface area (Å²) >= 11 is 0. The van der Waals surface area contributed by atoms with Crippen LogP contribution in [0.4, 0.5) is 5.69 Å². The molecule has 0 unspecified atom stereocenters. The molecule has 1 aromatic carbocycles. The lowest BCUT2D eigenvalue weighted by molar-refractivity contribution is 0.0388. The SMILES string of the molecule is Cc1cc(C(=O)Nc2cccc3c2O[C@H](CN(C)S(=O)(=O)c2cn(C)cn2)[C@H](C)CN([C@@H](C)CO)C3=O)n(C)n1. The predicted molar refractivity (Wildman–Crippen MR) is 147 cm³/mol. The maximum Gasteiger partial charge on any atom is 0.274 e. The highest BCUT2D eigenvalue weighted by Crippen LogP contribution is 2.35. The second-order valence-electron chi connectivity index (χ2n) is 10.2. The Morgan fingerprint density at radius 1 is 1.32 bits per heavy atom. The lowest BCUT2D eigenvalue weighted by Gasteiger charge is -2.38. The molecular formula is C26H35N7O6S. The molecule has 2 aromatic heterocycles. The van der Waals surface area contributed by atoms with Crippen molar-refractivity contribution >= 4 is 27.5 Å². The molecule has 2 N–H and O–H groups in total. The predicted octanol–water partition coefficient (Wildman–Crippen LogP) is 1.26. The van der Waals surface area contributed by atoms with Gasteiger partial charge < -0.3 is 24.6 Å². The van der Waals surface area contributed by atoms with E-state index in [1.54, 1.807) is 61.7 Å². The number of aliphatic hydroxyl groups is 1.